The largest absolute Gasteiger partial charge is 0.352 e. The van der Waals surface area contributed by atoms with E-state index < -0.39 is 5.41 Å². The topological polar surface area (TPSA) is 49.4 Å². The van der Waals surface area contributed by atoms with E-state index >= 15 is 0 Å². The molecule has 1 N–H and O–H groups in total. The summed E-state index contributed by atoms with van der Waals surface area (Å²) in [4.78, 5) is 29.6. The van der Waals surface area contributed by atoms with Crippen LogP contribution in [0, 0.1) is 11.3 Å². The first kappa shape index (κ1) is 22.5. The van der Waals surface area contributed by atoms with Gasteiger partial charge in [-0.25, -0.2) is 0 Å². The van der Waals surface area contributed by atoms with Crippen LogP contribution in [0.2, 0.25) is 0 Å². The van der Waals surface area contributed by atoms with E-state index in [9.17, 15) is 9.59 Å². The van der Waals surface area contributed by atoms with Crippen molar-refractivity contribution in [1.29, 1.82) is 0 Å². The first-order valence-corrected chi connectivity index (χ1v) is 12.4. The molecule has 1 saturated heterocycles. The summed E-state index contributed by atoms with van der Waals surface area (Å²) in [5.74, 6) is 0.435. The molecule has 1 atom stereocenters. The molecule has 0 unspecified atom stereocenters. The predicted molar refractivity (Wildman–Crippen MR) is 131 cm³/mol. The first-order valence-electron chi connectivity index (χ1n) is 11.6. The average molecular weight is 449 g/mol. The normalized spacial score (nSPS) is 20.0. The van der Waals surface area contributed by atoms with Gasteiger partial charge in [-0.2, -0.15) is 0 Å². The van der Waals surface area contributed by atoms with Gasteiger partial charge in [-0.05, 0) is 61.1 Å². The van der Waals surface area contributed by atoms with Crippen LogP contribution in [0.1, 0.15) is 37.7 Å². The molecule has 2 heterocycles. The lowest BCUT2D eigenvalue weighted by Crippen LogP contribution is -2.52. The van der Waals surface area contributed by atoms with Crippen LogP contribution >= 0.6 is 11.3 Å². The molecule has 4 rings (SSSR count). The maximum absolute atomic E-state index is 13.3. The Kier molecular flexibility index (Phi) is 7.26. The number of nitrogens with one attached hydrogen (secondary N) is 1. The van der Waals surface area contributed by atoms with Crippen molar-refractivity contribution in [3.63, 3.8) is 0 Å². The SMILES string of the molecule is C=CCNC(=O)C1(Cc2cccc(-c3cccs3)c2)CCN(C(=O)[C@H]2CC=CCC2)CC1. The first-order chi connectivity index (χ1) is 15.6. The van der Waals surface area contributed by atoms with Crippen LogP contribution in [0.15, 0.2) is 66.6 Å². The van der Waals surface area contributed by atoms with Crippen molar-refractivity contribution >= 4 is 23.2 Å². The van der Waals surface area contributed by atoms with E-state index in [0.717, 1.165) is 19.3 Å². The maximum Gasteiger partial charge on any atom is 0.226 e. The van der Waals surface area contributed by atoms with Crippen LogP contribution < -0.4 is 5.32 Å². The lowest BCUT2D eigenvalue weighted by Gasteiger charge is -2.42. The second-order valence-corrected chi connectivity index (χ2v) is 9.89. The van der Waals surface area contributed by atoms with Crippen LogP contribution in [-0.4, -0.2) is 36.3 Å². The van der Waals surface area contributed by atoms with Crippen LogP contribution in [-0.2, 0) is 16.0 Å². The molecular weight excluding hydrogens is 416 g/mol. The number of hydrogen-bond donors (Lipinski definition) is 1. The number of rotatable bonds is 7. The van der Waals surface area contributed by atoms with Gasteiger partial charge < -0.3 is 10.2 Å². The van der Waals surface area contributed by atoms with Gasteiger partial charge in [0, 0.05) is 30.4 Å². The Balaban J connectivity index is 1.50. The smallest absolute Gasteiger partial charge is 0.226 e. The van der Waals surface area contributed by atoms with Crippen LogP contribution in [0.4, 0.5) is 0 Å². The number of thiophene rings is 1. The van der Waals surface area contributed by atoms with Gasteiger partial charge in [0.2, 0.25) is 11.8 Å². The zero-order valence-electron chi connectivity index (χ0n) is 18.6. The fourth-order valence-corrected chi connectivity index (χ4v) is 5.66. The zero-order chi connectivity index (χ0) is 22.4. The molecule has 1 fully saturated rings. The lowest BCUT2D eigenvalue weighted by molar-refractivity contribution is -0.143. The minimum absolute atomic E-state index is 0.0756. The number of hydrogen-bond acceptors (Lipinski definition) is 3. The minimum Gasteiger partial charge on any atom is -0.352 e. The molecule has 0 bridgehead atoms. The highest BCUT2D eigenvalue weighted by atomic mass is 32.1. The molecule has 4 nitrogen and oxygen atoms in total. The third-order valence-electron chi connectivity index (χ3n) is 6.81. The van der Waals surface area contributed by atoms with Gasteiger partial charge in [0.05, 0.1) is 5.41 Å². The Hall–Kier alpha value is -2.66. The van der Waals surface area contributed by atoms with Crippen molar-refractivity contribution in [2.75, 3.05) is 19.6 Å². The number of carbonyl (C=O) groups excluding carboxylic acids is 2. The highest BCUT2D eigenvalue weighted by Crippen LogP contribution is 2.37. The second-order valence-electron chi connectivity index (χ2n) is 8.94. The molecule has 32 heavy (non-hydrogen) atoms. The molecule has 0 saturated carbocycles. The van der Waals surface area contributed by atoms with Crippen molar-refractivity contribution in [3.8, 4) is 10.4 Å². The summed E-state index contributed by atoms with van der Waals surface area (Å²) in [6.07, 6.45) is 10.8. The van der Waals surface area contributed by atoms with E-state index in [1.807, 2.05) is 4.90 Å². The molecule has 168 valence electrons. The summed E-state index contributed by atoms with van der Waals surface area (Å²) in [6, 6.07) is 12.7. The molecule has 2 aliphatic rings. The minimum atomic E-state index is -0.500. The molecule has 1 aromatic heterocycles. The third-order valence-corrected chi connectivity index (χ3v) is 7.73. The van der Waals surface area contributed by atoms with Gasteiger partial charge >= 0.3 is 0 Å². The van der Waals surface area contributed by atoms with Crippen molar-refractivity contribution in [2.24, 2.45) is 11.3 Å². The van der Waals surface area contributed by atoms with Crippen LogP contribution in [0.5, 0.6) is 0 Å². The number of nitrogens with zero attached hydrogens (tertiary/aromatic N) is 1. The lowest BCUT2D eigenvalue weighted by atomic mass is 9.72. The molecule has 1 aromatic carbocycles. The summed E-state index contributed by atoms with van der Waals surface area (Å²) < 4.78 is 0. The standard InChI is InChI=1S/C27H32N2O2S/c1-2-15-28-26(31)27(20-21-8-6-11-23(19-21)24-12-7-18-32-24)13-16-29(17-14-27)25(30)22-9-4-3-5-10-22/h2-4,6-8,11-12,18-19,22H,1,5,9-10,13-17,20H2,(H,28,31)/t22-/m0/s1. The van der Waals surface area contributed by atoms with Gasteiger partial charge in [0.15, 0.2) is 0 Å². The third kappa shape index (κ3) is 5.04. The van der Waals surface area contributed by atoms with Crippen LogP contribution in [0.3, 0.4) is 0 Å². The van der Waals surface area contributed by atoms with E-state index in [2.05, 4.69) is 65.8 Å². The predicted octanol–water partition coefficient (Wildman–Crippen LogP) is 5.22. The Morgan fingerprint density at radius 2 is 2.03 bits per heavy atom. The van der Waals surface area contributed by atoms with E-state index in [0.29, 0.717) is 38.9 Å². The van der Waals surface area contributed by atoms with Gasteiger partial charge in [-0.3, -0.25) is 9.59 Å². The number of allylic oxidation sites excluding steroid dienone is 2. The van der Waals surface area contributed by atoms with Crippen molar-refractivity contribution < 1.29 is 9.59 Å². The second kappa shape index (κ2) is 10.3. The van der Waals surface area contributed by atoms with E-state index in [-0.39, 0.29) is 17.7 Å². The van der Waals surface area contributed by atoms with Gasteiger partial charge in [0.1, 0.15) is 0 Å². The van der Waals surface area contributed by atoms with E-state index in [1.54, 1.807) is 17.4 Å². The fraction of sp³-hybridized carbons (Fsp3) is 0.407. The highest BCUT2D eigenvalue weighted by molar-refractivity contribution is 7.13. The summed E-state index contributed by atoms with van der Waals surface area (Å²) >= 11 is 1.72. The molecule has 1 aliphatic carbocycles. The summed E-state index contributed by atoms with van der Waals surface area (Å²) in [6.45, 7) is 5.49. The number of benzene rings is 1. The van der Waals surface area contributed by atoms with Crippen molar-refractivity contribution in [2.45, 2.75) is 38.5 Å². The molecule has 0 radical (unpaired) electrons. The molecule has 2 amide bonds. The quantitative estimate of drug-likeness (QED) is 0.590. The van der Waals surface area contributed by atoms with Gasteiger partial charge in [0.25, 0.3) is 0 Å². The monoisotopic (exact) mass is 448 g/mol. The maximum atomic E-state index is 13.3. The summed E-state index contributed by atoms with van der Waals surface area (Å²) in [5, 5.41) is 5.13. The fourth-order valence-electron chi connectivity index (χ4n) is 4.94. The average Bonchev–Trinajstić information content (AvgIpc) is 3.38. The molecular formula is C27H32N2O2S. The summed E-state index contributed by atoms with van der Waals surface area (Å²) in [7, 11) is 0. The van der Waals surface area contributed by atoms with Crippen molar-refractivity contribution in [1.82, 2.24) is 10.2 Å². The Morgan fingerprint density at radius 3 is 2.72 bits per heavy atom. The Labute approximate surface area is 195 Å². The Bertz CT molecular complexity index is 971. The zero-order valence-corrected chi connectivity index (χ0v) is 19.4. The van der Waals surface area contributed by atoms with Crippen molar-refractivity contribution in [3.05, 3.63) is 72.1 Å². The highest BCUT2D eigenvalue weighted by Gasteiger charge is 2.42. The van der Waals surface area contributed by atoms with E-state index in [1.165, 1.54) is 16.0 Å². The molecule has 2 aromatic rings. The molecule has 0 spiro atoms. The Morgan fingerprint density at radius 1 is 1.19 bits per heavy atom. The van der Waals surface area contributed by atoms with Crippen LogP contribution in [0.25, 0.3) is 10.4 Å². The number of likely N-dealkylation sites (tertiary alicyclic amines) is 1. The van der Waals surface area contributed by atoms with Gasteiger partial charge in [-0.15, -0.1) is 17.9 Å². The van der Waals surface area contributed by atoms with Gasteiger partial charge in [-0.1, -0.05) is 48.6 Å². The molecule has 5 heteroatoms. The number of amides is 2. The summed E-state index contributed by atoms with van der Waals surface area (Å²) in [5.41, 5.74) is 1.86. The number of piperidine rings is 1. The number of carbonyl (C=O) groups is 2. The van der Waals surface area contributed by atoms with E-state index in [4.69, 9.17) is 0 Å². The molecule has 1 aliphatic heterocycles.